The van der Waals surface area contributed by atoms with Crippen molar-refractivity contribution in [1.29, 1.82) is 0 Å². The molecule has 102 valence electrons. The highest BCUT2D eigenvalue weighted by molar-refractivity contribution is 5.98. The Labute approximate surface area is 113 Å². The fourth-order valence-corrected chi connectivity index (χ4v) is 2.42. The lowest BCUT2D eigenvalue weighted by molar-refractivity contribution is 0.0690. The number of nitrogens with zero attached hydrogens (tertiary/aromatic N) is 2. The van der Waals surface area contributed by atoms with E-state index in [1.54, 1.807) is 6.07 Å². The SMILES string of the molecule is Cc1c(-c2cc(C(=O)O)[nH]n2)c2ccc(F)cc2n1C. The summed E-state index contributed by atoms with van der Waals surface area (Å²) in [6.07, 6.45) is 0. The molecule has 0 aliphatic rings. The molecule has 5 nitrogen and oxygen atoms in total. The summed E-state index contributed by atoms with van der Waals surface area (Å²) in [6.45, 7) is 1.89. The Kier molecular flexibility index (Phi) is 2.60. The van der Waals surface area contributed by atoms with Gasteiger partial charge in [-0.2, -0.15) is 5.10 Å². The van der Waals surface area contributed by atoms with Gasteiger partial charge in [0.1, 0.15) is 11.5 Å². The number of carboxylic acids is 1. The average molecular weight is 273 g/mol. The Morgan fingerprint density at radius 3 is 2.80 bits per heavy atom. The second-order valence-corrected chi connectivity index (χ2v) is 4.65. The van der Waals surface area contributed by atoms with E-state index in [0.717, 1.165) is 22.2 Å². The van der Waals surface area contributed by atoms with Crippen LogP contribution in [0.1, 0.15) is 16.2 Å². The van der Waals surface area contributed by atoms with Gasteiger partial charge in [-0.3, -0.25) is 5.10 Å². The smallest absolute Gasteiger partial charge is 0.353 e. The van der Waals surface area contributed by atoms with E-state index in [9.17, 15) is 9.18 Å². The van der Waals surface area contributed by atoms with Gasteiger partial charge in [-0.05, 0) is 31.2 Å². The van der Waals surface area contributed by atoms with E-state index in [4.69, 9.17) is 5.11 Å². The summed E-state index contributed by atoms with van der Waals surface area (Å²) >= 11 is 0. The molecule has 2 N–H and O–H groups in total. The molecule has 0 unspecified atom stereocenters. The van der Waals surface area contributed by atoms with Crippen molar-refractivity contribution in [3.05, 3.63) is 41.5 Å². The first-order valence-corrected chi connectivity index (χ1v) is 6.02. The van der Waals surface area contributed by atoms with E-state index in [-0.39, 0.29) is 11.5 Å². The first-order valence-electron chi connectivity index (χ1n) is 6.02. The van der Waals surface area contributed by atoms with Crippen LogP contribution in [-0.4, -0.2) is 25.8 Å². The molecule has 0 saturated carbocycles. The summed E-state index contributed by atoms with van der Waals surface area (Å²) in [6, 6.07) is 6.00. The number of aromatic carboxylic acids is 1. The Bertz CT molecular complexity index is 832. The molecule has 0 atom stereocenters. The highest BCUT2D eigenvalue weighted by Crippen LogP contribution is 2.33. The number of rotatable bonds is 2. The molecule has 2 heterocycles. The van der Waals surface area contributed by atoms with Crippen LogP contribution in [0.25, 0.3) is 22.2 Å². The first-order chi connectivity index (χ1) is 9.49. The van der Waals surface area contributed by atoms with Gasteiger partial charge in [0.2, 0.25) is 0 Å². The van der Waals surface area contributed by atoms with Gasteiger partial charge < -0.3 is 9.67 Å². The Morgan fingerprint density at radius 2 is 2.15 bits per heavy atom. The lowest BCUT2D eigenvalue weighted by atomic mass is 10.1. The van der Waals surface area contributed by atoms with Crippen LogP contribution in [-0.2, 0) is 7.05 Å². The van der Waals surface area contributed by atoms with Crippen LogP contribution in [0.15, 0.2) is 24.3 Å². The van der Waals surface area contributed by atoms with E-state index in [0.29, 0.717) is 5.69 Å². The van der Waals surface area contributed by atoms with E-state index < -0.39 is 5.97 Å². The zero-order chi connectivity index (χ0) is 14.4. The molecule has 2 aromatic heterocycles. The number of H-pyrrole nitrogens is 1. The highest BCUT2D eigenvalue weighted by Gasteiger charge is 2.18. The molecule has 1 aromatic carbocycles. The summed E-state index contributed by atoms with van der Waals surface area (Å²) in [5.74, 6) is -1.37. The predicted molar refractivity (Wildman–Crippen MR) is 72.2 cm³/mol. The van der Waals surface area contributed by atoms with Crippen molar-refractivity contribution in [1.82, 2.24) is 14.8 Å². The number of aromatic amines is 1. The third-order valence-electron chi connectivity index (χ3n) is 3.52. The van der Waals surface area contributed by atoms with Gasteiger partial charge in [-0.1, -0.05) is 0 Å². The third-order valence-corrected chi connectivity index (χ3v) is 3.52. The van der Waals surface area contributed by atoms with Gasteiger partial charge in [0, 0.05) is 23.7 Å². The van der Waals surface area contributed by atoms with Crippen LogP contribution in [0.3, 0.4) is 0 Å². The minimum atomic E-state index is -1.06. The van der Waals surface area contributed by atoms with Crippen LogP contribution >= 0.6 is 0 Å². The van der Waals surface area contributed by atoms with Crippen molar-refractivity contribution < 1.29 is 14.3 Å². The molecule has 3 aromatic rings. The molecule has 0 amide bonds. The number of halogens is 1. The maximum Gasteiger partial charge on any atom is 0.353 e. The van der Waals surface area contributed by atoms with Gasteiger partial charge in [0.05, 0.1) is 11.2 Å². The normalized spacial score (nSPS) is 11.2. The van der Waals surface area contributed by atoms with Crippen LogP contribution in [0.2, 0.25) is 0 Å². The summed E-state index contributed by atoms with van der Waals surface area (Å²) in [5.41, 5.74) is 3.02. The van der Waals surface area contributed by atoms with Crippen LogP contribution in [0, 0.1) is 12.7 Å². The van der Waals surface area contributed by atoms with Gasteiger partial charge in [-0.15, -0.1) is 0 Å². The van der Waals surface area contributed by atoms with Crippen molar-refractivity contribution in [3.8, 4) is 11.3 Å². The fourth-order valence-electron chi connectivity index (χ4n) is 2.42. The molecule has 20 heavy (non-hydrogen) atoms. The summed E-state index contributed by atoms with van der Waals surface area (Å²) < 4.78 is 15.2. The molecule has 0 fully saturated rings. The average Bonchev–Trinajstić information content (AvgIpc) is 2.96. The molecule has 6 heteroatoms. The minimum Gasteiger partial charge on any atom is -0.477 e. The molecule has 3 rings (SSSR count). The largest absolute Gasteiger partial charge is 0.477 e. The fraction of sp³-hybridized carbons (Fsp3) is 0.143. The number of hydrogen-bond acceptors (Lipinski definition) is 2. The van der Waals surface area contributed by atoms with Crippen molar-refractivity contribution in [2.24, 2.45) is 7.05 Å². The molecule has 0 aliphatic carbocycles. The zero-order valence-electron chi connectivity index (χ0n) is 10.9. The predicted octanol–water partition coefficient (Wildman–Crippen LogP) is 2.71. The molecular weight excluding hydrogens is 261 g/mol. The van der Waals surface area contributed by atoms with Gasteiger partial charge in [-0.25, -0.2) is 9.18 Å². The number of nitrogens with one attached hydrogen (secondary N) is 1. The van der Waals surface area contributed by atoms with E-state index in [1.165, 1.54) is 18.2 Å². The Morgan fingerprint density at radius 1 is 1.40 bits per heavy atom. The number of carboxylic acid groups (broad SMARTS) is 1. The van der Waals surface area contributed by atoms with Crippen molar-refractivity contribution >= 4 is 16.9 Å². The molecule has 0 aliphatic heterocycles. The van der Waals surface area contributed by atoms with Crippen molar-refractivity contribution in [2.75, 3.05) is 0 Å². The van der Waals surface area contributed by atoms with E-state index >= 15 is 0 Å². The molecule has 0 radical (unpaired) electrons. The minimum absolute atomic E-state index is 0.0264. The van der Waals surface area contributed by atoms with Crippen LogP contribution in [0.5, 0.6) is 0 Å². The topological polar surface area (TPSA) is 70.9 Å². The Balaban J connectivity index is 2.30. The van der Waals surface area contributed by atoms with Crippen molar-refractivity contribution in [2.45, 2.75) is 6.92 Å². The molecular formula is C14H12FN3O2. The number of fused-ring (bicyclic) bond motifs is 1. The maximum absolute atomic E-state index is 13.4. The van der Waals surface area contributed by atoms with E-state index in [2.05, 4.69) is 10.2 Å². The lowest BCUT2D eigenvalue weighted by Gasteiger charge is -1.98. The quantitative estimate of drug-likeness (QED) is 0.754. The first kappa shape index (κ1) is 12.4. The standard InChI is InChI=1S/C14H12FN3O2/c1-7-13(10-6-11(14(19)20)17-16-10)9-4-3-8(15)5-12(9)18(7)2/h3-6H,1-2H3,(H,16,17)(H,19,20). The van der Waals surface area contributed by atoms with E-state index in [1.807, 2.05) is 18.5 Å². The highest BCUT2D eigenvalue weighted by atomic mass is 19.1. The maximum atomic E-state index is 13.4. The molecule has 0 spiro atoms. The van der Waals surface area contributed by atoms with Crippen LogP contribution in [0.4, 0.5) is 4.39 Å². The van der Waals surface area contributed by atoms with Gasteiger partial charge >= 0.3 is 5.97 Å². The monoisotopic (exact) mass is 273 g/mol. The number of aromatic nitrogens is 3. The Hall–Kier alpha value is -2.63. The lowest BCUT2D eigenvalue weighted by Crippen LogP contribution is -1.95. The summed E-state index contributed by atoms with van der Waals surface area (Å²) in [7, 11) is 1.84. The number of carbonyl (C=O) groups is 1. The van der Waals surface area contributed by atoms with Crippen molar-refractivity contribution in [3.63, 3.8) is 0 Å². The number of aryl methyl sites for hydroxylation is 1. The number of benzene rings is 1. The van der Waals surface area contributed by atoms with Gasteiger partial charge in [0.15, 0.2) is 0 Å². The van der Waals surface area contributed by atoms with Crippen LogP contribution < -0.4 is 0 Å². The third kappa shape index (κ3) is 1.69. The molecule has 0 bridgehead atoms. The summed E-state index contributed by atoms with van der Waals surface area (Å²) in [4.78, 5) is 10.9. The zero-order valence-corrected chi connectivity index (χ0v) is 10.9. The second-order valence-electron chi connectivity index (χ2n) is 4.65. The summed E-state index contributed by atoms with van der Waals surface area (Å²) in [5, 5.41) is 16.3. The van der Waals surface area contributed by atoms with Gasteiger partial charge in [0.25, 0.3) is 0 Å². The number of hydrogen-bond donors (Lipinski definition) is 2. The second kappa shape index (κ2) is 4.19. The molecule has 0 saturated heterocycles.